The van der Waals surface area contributed by atoms with E-state index in [9.17, 15) is 18.0 Å². The molecule has 1 aromatic carbocycles. The van der Waals surface area contributed by atoms with E-state index in [4.69, 9.17) is 4.74 Å². The van der Waals surface area contributed by atoms with Gasteiger partial charge in [-0.05, 0) is 31.2 Å². The molecular formula is C17H25N3O6S. The number of piperazine rings is 1. The van der Waals surface area contributed by atoms with Gasteiger partial charge in [-0.25, -0.2) is 8.42 Å². The third kappa shape index (κ3) is 5.91. The van der Waals surface area contributed by atoms with E-state index in [0.29, 0.717) is 38.5 Å². The van der Waals surface area contributed by atoms with Crippen molar-refractivity contribution < 1.29 is 27.5 Å². The third-order valence-electron chi connectivity index (χ3n) is 4.13. The number of hydrogen-bond donors (Lipinski definition) is 1. The van der Waals surface area contributed by atoms with E-state index in [1.54, 1.807) is 12.1 Å². The Hall–Kier alpha value is -2.17. The molecule has 0 unspecified atom stereocenters. The van der Waals surface area contributed by atoms with Crippen LogP contribution in [-0.2, 0) is 24.3 Å². The number of ether oxygens (including phenoxy) is 2. The molecule has 1 amide bonds. The maximum absolute atomic E-state index is 12.7. The summed E-state index contributed by atoms with van der Waals surface area (Å²) in [6.07, 6.45) is 0. The van der Waals surface area contributed by atoms with Gasteiger partial charge in [-0.15, -0.1) is 0 Å². The van der Waals surface area contributed by atoms with Crippen LogP contribution in [0.3, 0.4) is 0 Å². The van der Waals surface area contributed by atoms with Crippen LogP contribution in [-0.4, -0.2) is 82.5 Å². The first kappa shape index (κ1) is 21.1. The van der Waals surface area contributed by atoms with Gasteiger partial charge in [0.15, 0.2) is 0 Å². The maximum atomic E-state index is 12.7. The van der Waals surface area contributed by atoms with Gasteiger partial charge in [0.1, 0.15) is 12.3 Å². The zero-order valence-electron chi connectivity index (χ0n) is 15.5. The number of sulfonamides is 1. The molecule has 2 rings (SSSR count). The highest BCUT2D eigenvalue weighted by molar-refractivity contribution is 7.89. The lowest BCUT2D eigenvalue weighted by atomic mass is 10.3. The minimum absolute atomic E-state index is 0.105. The first-order chi connectivity index (χ1) is 12.9. The summed E-state index contributed by atoms with van der Waals surface area (Å²) < 4.78 is 36.7. The van der Waals surface area contributed by atoms with Crippen LogP contribution in [0.2, 0.25) is 0 Å². The van der Waals surface area contributed by atoms with Gasteiger partial charge in [-0.1, -0.05) is 0 Å². The zero-order valence-corrected chi connectivity index (χ0v) is 16.3. The molecule has 0 bridgehead atoms. The average Bonchev–Trinajstić information content (AvgIpc) is 2.67. The maximum Gasteiger partial charge on any atom is 0.325 e. The second-order valence-electron chi connectivity index (χ2n) is 5.94. The highest BCUT2D eigenvalue weighted by atomic mass is 32.2. The number of rotatable bonds is 8. The molecule has 1 aromatic rings. The molecule has 0 atom stereocenters. The van der Waals surface area contributed by atoms with Gasteiger partial charge in [0.05, 0.1) is 25.2 Å². The van der Waals surface area contributed by atoms with E-state index in [1.807, 2.05) is 11.8 Å². The summed E-state index contributed by atoms with van der Waals surface area (Å²) in [6, 6.07) is 6.34. The van der Waals surface area contributed by atoms with Crippen molar-refractivity contribution >= 4 is 21.9 Å². The van der Waals surface area contributed by atoms with E-state index in [2.05, 4.69) is 10.1 Å². The number of carbonyl (C=O) groups is 2. The Bertz CT molecular complexity index is 742. The first-order valence-corrected chi connectivity index (χ1v) is 10.1. The highest BCUT2D eigenvalue weighted by Crippen LogP contribution is 2.20. The standard InChI is InChI=1S/C17H25N3O6S/c1-3-26-14-4-6-15(7-5-14)27(23,24)20-10-8-19(9-11-20)13-16(21)18-12-17(22)25-2/h4-7H,3,8-13H2,1-2H3,(H,18,21). The molecule has 1 aliphatic rings. The first-order valence-electron chi connectivity index (χ1n) is 8.65. The molecule has 0 saturated carbocycles. The fourth-order valence-corrected chi connectivity index (χ4v) is 4.08. The molecule has 1 fully saturated rings. The Kier molecular flexibility index (Phi) is 7.57. The van der Waals surface area contributed by atoms with Gasteiger partial charge >= 0.3 is 5.97 Å². The van der Waals surface area contributed by atoms with E-state index < -0.39 is 16.0 Å². The van der Waals surface area contributed by atoms with Crippen molar-refractivity contribution in [2.75, 3.05) is 53.0 Å². The summed E-state index contributed by atoms with van der Waals surface area (Å²) in [7, 11) is -2.33. The topological polar surface area (TPSA) is 105 Å². The second kappa shape index (κ2) is 9.67. The molecule has 0 aliphatic carbocycles. The molecule has 1 saturated heterocycles. The van der Waals surface area contributed by atoms with Gasteiger partial charge in [-0.3, -0.25) is 14.5 Å². The van der Waals surface area contributed by atoms with E-state index >= 15 is 0 Å². The summed E-state index contributed by atoms with van der Waals surface area (Å²) in [4.78, 5) is 24.9. The average molecular weight is 399 g/mol. The third-order valence-corrected chi connectivity index (χ3v) is 6.04. The van der Waals surface area contributed by atoms with Crippen molar-refractivity contribution in [2.45, 2.75) is 11.8 Å². The lowest BCUT2D eigenvalue weighted by Gasteiger charge is -2.33. The van der Waals surface area contributed by atoms with E-state index in [1.165, 1.54) is 23.5 Å². The second-order valence-corrected chi connectivity index (χ2v) is 7.88. The smallest absolute Gasteiger partial charge is 0.325 e. The van der Waals surface area contributed by atoms with Crippen LogP contribution in [0.1, 0.15) is 6.92 Å². The Balaban J connectivity index is 1.86. The van der Waals surface area contributed by atoms with Crippen LogP contribution < -0.4 is 10.1 Å². The molecule has 1 N–H and O–H groups in total. The molecular weight excluding hydrogens is 374 g/mol. The van der Waals surface area contributed by atoms with Gasteiger partial charge in [-0.2, -0.15) is 4.31 Å². The monoisotopic (exact) mass is 399 g/mol. The summed E-state index contributed by atoms with van der Waals surface area (Å²) in [5.74, 6) is -0.197. The number of nitrogens with zero attached hydrogens (tertiary/aromatic N) is 2. The van der Waals surface area contributed by atoms with E-state index in [0.717, 1.165) is 0 Å². The summed E-state index contributed by atoms with van der Waals surface area (Å²) >= 11 is 0. The summed E-state index contributed by atoms with van der Waals surface area (Å²) in [5.41, 5.74) is 0. The minimum atomic E-state index is -3.58. The van der Waals surface area contributed by atoms with Gasteiger partial charge < -0.3 is 14.8 Å². The normalized spacial score (nSPS) is 15.9. The Labute approximate surface area is 159 Å². The van der Waals surface area contributed by atoms with Crippen molar-refractivity contribution in [3.05, 3.63) is 24.3 Å². The molecule has 1 aliphatic heterocycles. The van der Waals surface area contributed by atoms with Crippen molar-refractivity contribution in [1.82, 2.24) is 14.5 Å². The number of nitrogens with one attached hydrogen (secondary N) is 1. The number of hydrogen-bond acceptors (Lipinski definition) is 7. The fourth-order valence-electron chi connectivity index (χ4n) is 2.65. The molecule has 9 nitrogen and oxygen atoms in total. The van der Waals surface area contributed by atoms with E-state index in [-0.39, 0.29) is 23.9 Å². The molecule has 0 radical (unpaired) electrons. The fraction of sp³-hybridized carbons (Fsp3) is 0.529. The van der Waals surface area contributed by atoms with Crippen LogP contribution >= 0.6 is 0 Å². The molecule has 27 heavy (non-hydrogen) atoms. The SMILES string of the molecule is CCOc1ccc(S(=O)(=O)N2CCN(CC(=O)NCC(=O)OC)CC2)cc1. The van der Waals surface area contributed by atoms with Crippen LogP contribution in [0.25, 0.3) is 0 Å². The molecule has 10 heteroatoms. The minimum Gasteiger partial charge on any atom is -0.494 e. The summed E-state index contributed by atoms with van der Waals surface area (Å²) in [5, 5.41) is 2.46. The Morgan fingerprint density at radius 3 is 2.30 bits per heavy atom. The predicted octanol–water partition coefficient (Wildman–Crippen LogP) is -0.319. The van der Waals surface area contributed by atoms with Gasteiger partial charge in [0.2, 0.25) is 15.9 Å². The molecule has 150 valence electrons. The van der Waals surface area contributed by atoms with Gasteiger partial charge in [0.25, 0.3) is 0 Å². The van der Waals surface area contributed by atoms with Crippen molar-refractivity contribution in [3.63, 3.8) is 0 Å². The Morgan fingerprint density at radius 1 is 1.11 bits per heavy atom. The van der Waals surface area contributed by atoms with Crippen LogP contribution in [0.15, 0.2) is 29.2 Å². The molecule has 1 heterocycles. The van der Waals surface area contributed by atoms with Crippen LogP contribution in [0.5, 0.6) is 5.75 Å². The van der Waals surface area contributed by atoms with Crippen molar-refractivity contribution in [2.24, 2.45) is 0 Å². The predicted molar refractivity (Wildman–Crippen MR) is 97.8 cm³/mol. The van der Waals surface area contributed by atoms with Crippen LogP contribution in [0, 0.1) is 0 Å². The lowest BCUT2D eigenvalue weighted by Crippen LogP contribution is -2.51. The number of amides is 1. The highest BCUT2D eigenvalue weighted by Gasteiger charge is 2.29. The Morgan fingerprint density at radius 2 is 1.74 bits per heavy atom. The number of carbonyl (C=O) groups excluding carboxylic acids is 2. The van der Waals surface area contributed by atoms with Gasteiger partial charge in [0, 0.05) is 26.2 Å². The number of esters is 1. The molecule has 0 spiro atoms. The molecule has 0 aromatic heterocycles. The largest absolute Gasteiger partial charge is 0.494 e. The lowest BCUT2D eigenvalue weighted by molar-refractivity contribution is -0.141. The summed E-state index contributed by atoms with van der Waals surface area (Å²) in [6.45, 7) is 3.75. The quantitative estimate of drug-likeness (QED) is 0.597. The number of methoxy groups -OCH3 is 1. The van der Waals surface area contributed by atoms with Crippen LogP contribution in [0.4, 0.5) is 0 Å². The zero-order chi connectivity index (χ0) is 19.9. The van der Waals surface area contributed by atoms with Crippen molar-refractivity contribution in [3.8, 4) is 5.75 Å². The number of benzene rings is 1. The van der Waals surface area contributed by atoms with Crippen molar-refractivity contribution in [1.29, 1.82) is 0 Å².